The van der Waals surface area contributed by atoms with Gasteiger partial charge in [-0.15, -0.1) is 0 Å². The molecule has 59 heavy (non-hydrogen) atoms. The molecule has 0 radical (unpaired) electrons. The molecule has 11 N–H and O–H groups in total. The fourth-order valence-electron chi connectivity index (χ4n) is 6.27. The summed E-state index contributed by atoms with van der Waals surface area (Å²) in [6, 6.07) is 1.37. The van der Waals surface area contributed by atoms with Crippen molar-refractivity contribution in [3.63, 3.8) is 0 Å². The summed E-state index contributed by atoms with van der Waals surface area (Å²) in [6.45, 7) is 8.30. The lowest BCUT2D eigenvalue weighted by Crippen LogP contribution is -2.58. The van der Waals surface area contributed by atoms with E-state index in [1.165, 1.54) is 58.6 Å². The molecule has 0 aliphatic carbocycles. The van der Waals surface area contributed by atoms with Gasteiger partial charge >= 0.3 is 5.63 Å². The molecule has 1 aromatic heterocycles. The van der Waals surface area contributed by atoms with Gasteiger partial charge in [-0.3, -0.25) is 33.8 Å². The molecule has 2 aromatic rings. The van der Waals surface area contributed by atoms with E-state index >= 15 is 0 Å². The van der Waals surface area contributed by atoms with Gasteiger partial charge in [0.15, 0.2) is 5.96 Å². The fourth-order valence-corrected chi connectivity index (χ4v) is 6.27. The molecule has 2 rings (SSSR count). The number of carbonyl (C=O) groups excluding carboxylic acids is 6. The van der Waals surface area contributed by atoms with Crippen LogP contribution >= 0.6 is 0 Å². The monoisotopic (exact) mass is 827 g/mol. The van der Waals surface area contributed by atoms with Crippen LogP contribution in [-0.4, -0.2) is 89.9 Å². The van der Waals surface area contributed by atoms with Crippen LogP contribution in [0.25, 0.3) is 11.0 Å². The molecule has 5 atom stereocenters. The van der Waals surface area contributed by atoms with Crippen LogP contribution in [0.1, 0.15) is 117 Å². The Morgan fingerprint density at radius 2 is 1.42 bits per heavy atom. The highest BCUT2D eigenvalue weighted by Gasteiger charge is 2.31. The second-order valence-electron chi connectivity index (χ2n) is 14.9. The van der Waals surface area contributed by atoms with Crippen molar-refractivity contribution in [1.82, 2.24) is 26.6 Å². The summed E-state index contributed by atoms with van der Waals surface area (Å²) in [5.41, 5.74) is 11.6. The first kappa shape index (κ1) is 49.6. The summed E-state index contributed by atoms with van der Waals surface area (Å²) >= 11 is 0. The van der Waals surface area contributed by atoms with E-state index < -0.39 is 65.4 Å². The van der Waals surface area contributed by atoms with Crippen molar-refractivity contribution in [2.75, 3.05) is 18.4 Å². The highest BCUT2D eigenvalue weighted by molar-refractivity contribution is 6.00. The Morgan fingerprint density at radius 1 is 0.780 bits per heavy atom. The van der Waals surface area contributed by atoms with Crippen LogP contribution in [0.5, 0.6) is 0 Å². The average Bonchev–Trinajstić information content (AvgIpc) is 3.16. The number of carbonyl (C=O) groups is 6. The highest BCUT2D eigenvalue weighted by Crippen LogP contribution is 2.21. The number of hydrogen-bond donors (Lipinski definition) is 9. The van der Waals surface area contributed by atoms with E-state index in [0.717, 1.165) is 19.3 Å². The summed E-state index contributed by atoms with van der Waals surface area (Å²) in [5.74, 6) is -3.62. The lowest BCUT2D eigenvalue weighted by Gasteiger charge is -2.26. The number of aliphatic imine (C=N–C) groups is 1. The number of benzene rings is 1. The molecule has 6 amide bonds. The number of fused-ring (bicyclic) bond motifs is 1. The van der Waals surface area contributed by atoms with E-state index in [9.17, 15) is 38.7 Å². The molecule has 328 valence electrons. The van der Waals surface area contributed by atoms with Crippen LogP contribution in [0.4, 0.5) is 5.69 Å². The minimum absolute atomic E-state index is 0.0411. The average molecular weight is 828 g/mol. The maximum atomic E-state index is 13.9. The Balaban J connectivity index is 2.20. The molecule has 0 fully saturated rings. The maximum absolute atomic E-state index is 13.9. The summed E-state index contributed by atoms with van der Waals surface area (Å²) < 4.78 is 5.33. The van der Waals surface area contributed by atoms with Crippen molar-refractivity contribution in [3.05, 3.63) is 40.2 Å². The van der Waals surface area contributed by atoms with Gasteiger partial charge in [-0.25, -0.2) is 4.79 Å². The van der Waals surface area contributed by atoms with Gasteiger partial charge in [-0.1, -0.05) is 45.4 Å². The number of aliphatic hydroxyl groups is 1. The van der Waals surface area contributed by atoms with Gasteiger partial charge in [-0.2, -0.15) is 0 Å². The summed E-state index contributed by atoms with van der Waals surface area (Å²) in [5, 5.41) is 26.5. The van der Waals surface area contributed by atoms with Crippen LogP contribution in [0, 0.1) is 6.92 Å². The number of amides is 6. The third-order valence-electron chi connectivity index (χ3n) is 9.55. The van der Waals surface area contributed by atoms with Crippen LogP contribution in [-0.2, 0) is 28.8 Å². The Morgan fingerprint density at radius 3 is 2.08 bits per heavy atom. The van der Waals surface area contributed by atoms with Crippen LogP contribution < -0.4 is 49.0 Å². The topological polar surface area (TPSA) is 289 Å². The number of aryl methyl sites for hydroxylation is 1. The molecule has 0 saturated heterocycles. The molecule has 18 heteroatoms. The number of hydrogen-bond acceptors (Lipinski definition) is 10. The first-order valence-electron chi connectivity index (χ1n) is 20.6. The molecule has 18 nitrogen and oxygen atoms in total. The van der Waals surface area contributed by atoms with Crippen molar-refractivity contribution < 1.29 is 38.3 Å². The third kappa shape index (κ3) is 19.2. The van der Waals surface area contributed by atoms with Crippen molar-refractivity contribution in [2.45, 2.75) is 148 Å². The van der Waals surface area contributed by atoms with Gasteiger partial charge in [-0.05, 0) is 77.0 Å². The van der Waals surface area contributed by atoms with Gasteiger partial charge < -0.3 is 52.9 Å². The quantitative estimate of drug-likeness (QED) is 0.0271. The SMILES string of the molecule is CCCCCCCCCC(=O)NCCCC[C@H](NC(=O)[C@H](CCCN=C(N)N)NC(=O)[C@H](C)NC(=O)[C@@H](NC(C)=O)[C@@H](C)O)C(=O)Nc1ccc2c(C)cc(=O)oc2c1. The number of unbranched alkanes of at least 4 members (excludes halogenated alkanes) is 7. The fraction of sp³-hybridized carbons (Fsp3) is 0.610. The second kappa shape index (κ2) is 26.5. The zero-order valence-electron chi connectivity index (χ0n) is 35.1. The molecule has 1 heterocycles. The van der Waals surface area contributed by atoms with Crippen molar-refractivity contribution >= 4 is 58.1 Å². The second-order valence-corrected chi connectivity index (χ2v) is 14.9. The van der Waals surface area contributed by atoms with Gasteiger partial charge in [0.25, 0.3) is 0 Å². The maximum Gasteiger partial charge on any atom is 0.336 e. The number of nitrogens with zero attached hydrogens (tertiary/aromatic N) is 1. The predicted molar refractivity (Wildman–Crippen MR) is 226 cm³/mol. The Bertz CT molecular complexity index is 1790. The molecular weight excluding hydrogens is 763 g/mol. The molecule has 1 aromatic carbocycles. The number of nitrogens with one attached hydrogen (secondary N) is 6. The molecule has 0 spiro atoms. The number of nitrogens with two attached hydrogens (primary N) is 2. The van der Waals surface area contributed by atoms with Crippen LogP contribution in [0.2, 0.25) is 0 Å². The van der Waals surface area contributed by atoms with E-state index in [1.807, 2.05) is 0 Å². The molecule has 0 aliphatic rings. The van der Waals surface area contributed by atoms with Gasteiger partial charge in [0, 0.05) is 49.6 Å². The molecule has 0 bridgehead atoms. The number of rotatable bonds is 27. The van der Waals surface area contributed by atoms with E-state index in [1.54, 1.807) is 19.1 Å². The zero-order valence-corrected chi connectivity index (χ0v) is 35.1. The molecule has 0 saturated carbocycles. The number of guanidine groups is 1. The Labute approximate surface area is 345 Å². The summed E-state index contributed by atoms with van der Waals surface area (Å²) in [7, 11) is 0. The highest BCUT2D eigenvalue weighted by atomic mass is 16.4. The lowest BCUT2D eigenvalue weighted by atomic mass is 10.1. The van der Waals surface area contributed by atoms with E-state index in [-0.39, 0.29) is 43.3 Å². The summed E-state index contributed by atoms with van der Waals surface area (Å²) in [6.07, 6.45) is 8.30. The van der Waals surface area contributed by atoms with Crippen LogP contribution in [0.15, 0.2) is 38.5 Å². The van der Waals surface area contributed by atoms with Gasteiger partial charge in [0.2, 0.25) is 35.4 Å². The smallest absolute Gasteiger partial charge is 0.336 e. The first-order valence-corrected chi connectivity index (χ1v) is 20.6. The minimum atomic E-state index is -1.33. The van der Waals surface area contributed by atoms with Crippen molar-refractivity contribution in [1.29, 1.82) is 0 Å². The van der Waals surface area contributed by atoms with E-state index in [2.05, 4.69) is 43.8 Å². The van der Waals surface area contributed by atoms with Gasteiger partial charge in [0.05, 0.1) is 6.10 Å². The van der Waals surface area contributed by atoms with Crippen molar-refractivity contribution in [2.24, 2.45) is 16.5 Å². The van der Waals surface area contributed by atoms with E-state index in [0.29, 0.717) is 42.4 Å². The zero-order chi connectivity index (χ0) is 43.9. The molecular formula is C41H65N9O9. The van der Waals surface area contributed by atoms with Crippen molar-refractivity contribution in [3.8, 4) is 0 Å². The van der Waals surface area contributed by atoms with Gasteiger partial charge in [0.1, 0.15) is 29.8 Å². The predicted octanol–water partition coefficient (Wildman–Crippen LogP) is 1.88. The largest absolute Gasteiger partial charge is 0.423 e. The number of aliphatic hydroxyl groups excluding tert-OH is 1. The first-order chi connectivity index (χ1) is 28.0. The normalized spacial score (nSPS) is 13.5. The molecule has 0 unspecified atom stereocenters. The third-order valence-corrected chi connectivity index (χ3v) is 9.55. The standard InChI is InChI=1S/C41H65N9O9/c1-6-7-8-9-10-11-12-18-34(53)44-21-14-13-16-31(38(56)48-29-19-20-30-25(2)23-35(54)59-33(30)24-29)50-39(57)32(17-15-22-45-41(42)43)49-37(55)26(3)46-40(58)36(27(4)51)47-28(5)52/h19-20,23-24,26-27,31-32,36,51H,6-18,21-22H2,1-5H3,(H,44,53)(H,46,58)(H,47,52)(H,48,56)(H,49,55)(H,50,57)(H4,42,43,45)/t26-,27+,31-,32-,36-/m0/s1. The summed E-state index contributed by atoms with van der Waals surface area (Å²) in [4.78, 5) is 93.8. The Kier molecular flexibility index (Phi) is 22.3. The minimum Gasteiger partial charge on any atom is -0.423 e. The molecule has 0 aliphatic heterocycles. The number of anilines is 1. The Hall–Kier alpha value is -5.52. The van der Waals surface area contributed by atoms with E-state index in [4.69, 9.17) is 15.9 Å². The lowest BCUT2D eigenvalue weighted by molar-refractivity contribution is -0.135. The van der Waals surface area contributed by atoms with Crippen LogP contribution in [0.3, 0.4) is 0 Å².